The van der Waals surface area contributed by atoms with Crippen molar-refractivity contribution in [2.24, 2.45) is 0 Å². The molecule has 0 radical (unpaired) electrons. The molecule has 0 aliphatic rings. The van der Waals surface area contributed by atoms with Gasteiger partial charge in [0.15, 0.2) is 0 Å². The Bertz CT molecular complexity index is 553. The van der Waals surface area contributed by atoms with E-state index in [0.29, 0.717) is 25.5 Å². The number of fused-ring (bicyclic) bond motifs is 1. The highest BCUT2D eigenvalue weighted by atomic mass is 79.9. The first kappa shape index (κ1) is 12.9. The average molecular weight is 312 g/mol. The van der Waals surface area contributed by atoms with Crippen LogP contribution in [0.4, 0.5) is 5.95 Å². The van der Waals surface area contributed by atoms with Crippen molar-refractivity contribution in [1.29, 1.82) is 0 Å². The number of anilines is 1. The molecular formula is C12H14BrN3O2. The van der Waals surface area contributed by atoms with E-state index in [4.69, 9.17) is 4.74 Å². The minimum Gasteiger partial charge on any atom is -0.466 e. The lowest BCUT2D eigenvalue weighted by molar-refractivity contribution is -0.142. The van der Waals surface area contributed by atoms with Gasteiger partial charge in [-0.25, -0.2) is 4.98 Å². The number of hydrogen-bond acceptors (Lipinski definition) is 4. The Kier molecular flexibility index (Phi) is 4.19. The molecule has 0 bridgehead atoms. The number of carbonyl (C=O) groups excluding carboxylic acids is 1. The van der Waals surface area contributed by atoms with Crippen molar-refractivity contribution in [3.05, 3.63) is 22.7 Å². The van der Waals surface area contributed by atoms with E-state index in [9.17, 15) is 4.79 Å². The first-order chi connectivity index (χ1) is 8.69. The van der Waals surface area contributed by atoms with Crippen LogP contribution in [0.25, 0.3) is 11.0 Å². The van der Waals surface area contributed by atoms with Gasteiger partial charge in [0.25, 0.3) is 0 Å². The monoisotopic (exact) mass is 311 g/mol. The second-order valence-corrected chi connectivity index (χ2v) is 4.64. The molecule has 0 unspecified atom stereocenters. The minimum atomic E-state index is -0.205. The summed E-state index contributed by atoms with van der Waals surface area (Å²) < 4.78 is 5.84. The second-order valence-electron chi connectivity index (χ2n) is 3.73. The van der Waals surface area contributed by atoms with Crippen molar-refractivity contribution in [3.63, 3.8) is 0 Å². The van der Waals surface area contributed by atoms with E-state index in [1.807, 2.05) is 18.2 Å². The van der Waals surface area contributed by atoms with E-state index in [1.165, 1.54) is 0 Å². The van der Waals surface area contributed by atoms with Gasteiger partial charge in [0.05, 0.1) is 24.1 Å². The molecule has 0 amide bonds. The third kappa shape index (κ3) is 3.22. The predicted molar refractivity (Wildman–Crippen MR) is 73.5 cm³/mol. The van der Waals surface area contributed by atoms with Gasteiger partial charge in [-0.15, -0.1) is 0 Å². The van der Waals surface area contributed by atoms with Gasteiger partial charge in [-0.3, -0.25) is 4.79 Å². The zero-order chi connectivity index (χ0) is 13.0. The molecule has 2 aromatic rings. The lowest BCUT2D eigenvalue weighted by Gasteiger charge is -2.02. The first-order valence-corrected chi connectivity index (χ1v) is 6.53. The topological polar surface area (TPSA) is 67.0 Å². The summed E-state index contributed by atoms with van der Waals surface area (Å²) in [6.07, 6.45) is 0.328. The number of esters is 1. The zero-order valence-corrected chi connectivity index (χ0v) is 11.6. The molecule has 0 saturated heterocycles. The summed E-state index contributed by atoms with van der Waals surface area (Å²) >= 11 is 3.40. The van der Waals surface area contributed by atoms with Gasteiger partial charge in [0.1, 0.15) is 0 Å². The molecule has 0 aliphatic carbocycles. The molecule has 0 spiro atoms. The number of carbonyl (C=O) groups is 1. The Hall–Kier alpha value is -1.56. The first-order valence-electron chi connectivity index (χ1n) is 5.74. The summed E-state index contributed by atoms with van der Waals surface area (Å²) in [7, 11) is 0. The van der Waals surface area contributed by atoms with Crippen molar-refractivity contribution < 1.29 is 9.53 Å². The third-order valence-electron chi connectivity index (χ3n) is 2.37. The molecule has 0 fully saturated rings. The normalized spacial score (nSPS) is 10.6. The summed E-state index contributed by atoms with van der Waals surface area (Å²) in [5, 5.41) is 3.06. The molecule has 0 aliphatic heterocycles. The van der Waals surface area contributed by atoms with E-state index in [2.05, 4.69) is 31.2 Å². The molecule has 1 aromatic heterocycles. The molecule has 5 nitrogen and oxygen atoms in total. The lowest BCUT2D eigenvalue weighted by atomic mass is 10.3. The molecule has 2 N–H and O–H groups in total. The van der Waals surface area contributed by atoms with Crippen molar-refractivity contribution in [3.8, 4) is 0 Å². The fourth-order valence-corrected chi connectivity index (χ4v) is 1.94. The molecule has 0 atom stereocenters. The average Bonchev–Trinajstić information content (AvgIpc) is 2.71. The molecule has 96 valence electrons. The molecule has 0 saturated carbocycles. The number of H-pyrrole nitrogens is 1. The van der Waals surface area contributed by atoms with Gasteiger partial charge in [0, 0.05) is 11.0 Å². The van der Waals surface area contributed by atoms with Crippen LogP contribution in [0.15, 0.2) is 22.7 Å². The third-order valence-corrected chi connectivity index (χ3v) is 2.86. The van der Waals surface area contributed by atoms with E-state index < -0.39 is 0 Å². The van der Waals surface area contributed by atoms with E-state index in [0.717, 1.165) is 15.5 Å². The van der Waals surface area contributed by atoms with Crippen LogP contribution >= 0.6 is 15.9 Å². The summed E-state index contributed by atoms with van der Waals surface area (Å²) in [5.74, 6) is 0.455. The van der Waals surface area contributed by atoms with Gasteiger partial charge in [-0.1, -0.05) is 15.9 Å². The number of benzene rings is 1. The van der Waals surface area contributed by atoms with Crippen LogP contribution < -0.4 is 5.32 Å². The number of hydrogen-bond donors (Lipinski definition) is 2. The highest BCUT2D eigenvalue weighted by Crippen LogP contribution is 2.19. The number of aromatic nitrogens is 2. The maximum absolute atomic E-state index is 11.2. The van der Waals surface area contributed by atoms with Crippen molar-refractivity contribution in [2.75, 3.05) is 18.5 Å². The van der Waals surface area contributed by atoms with E-state index in [1.54, 1.807) is 6.92 Å². The van der Waals surface area contributed by atoms with Crippen LogP contribution in [0.2, 0.25) is 0 Å². The van der Waals surface area contributed by atoms with Crippen molar-refractivity contribution >= 4 is 38.9 Å². The number of nitrogens with zero attached hydrogens (tertiary/aromatic N) is 1. The SMILES string of the molecule is CCOC(=O)CCNc1nc2ccc(Br)cc2[nH]1. The van der Waals surface area contributed by atoms with Gasteiger partial charge >= 0.3 is 5.97 Å². The van der Waals surface area contributed by atoms with Crippen LogP contribution in [0, 0.1) is 0 Å². The number of aromatic amines is 1. The van der Waals surface area contributed by atoms with Crippen LogP contribution in [0.5, 0.6) is 0 Å². The highest BCUT2D eigenvalue weighted by Gasteiger charge is 2.04. The lowest BCUT2D eigenvalue weighted by Crippen LogP contribution is -2.11. The van der Waals surface area contributed by atoms with Gasteiger partial charge in [-0.05, 0) is 25.1 Å². The number of imidazole rings is 1. The smallest absolute Gasteiger partial charge is 0.307 e. The number of halogens is 1. The summed E-state index contributed by atoms with van der Waals surface area (Å²) in [4.78, 5) is 18.6. The quantitative estimate of drug-likeness (QED) is 0.833. The van der Waals surface area contributed by atoms with Crippen LogP contribution in [0.3, 0.4) is 0 Å². The van der Waals surface area contributed by atoms with Crippen molar-refractivity contribution in [2.45, 2.75) is 13.3 Å². The van der Waals surface area contributed by atoms with Gasteiger partial charge < -0.3 is 15.0 Å². The van der Waals surface area contributed by atoms with Crippen molar-refractivity contribution in [1.82, 2.24) is 9.97 Å². The molecule has 6 heteroatoms. The summed E-state index contributed by atoms with van der Waals surface area (Å²) in [6, 6.07) is 5.82. The maximum Gasteiger partial charge on any atom is 0.307 e. The fourth-order valence-electron chi connectivity index (χ4n) is 1.58. The number of rotatable bonds is 5. The molecule has 1 heterocycles. The molecular weight excluding hydrogens is 298 g/mol. The zero-order valence-electron chi connectivity index (χ0n) is 10.00. The Morgan fingerprint density at radius 1 is 1.56 bits per heavy atom. The summed E-state index contributed by atoms with van der Waals surface area (Å²) in [5.41, 5.74) is 1.83. The second kappa shape index (κ2) is 5.86. The minimum absolute atomic E-state index is 0.205. The largest absolute Gasteiger partial charge is 0.466 e. The van der Waals surface area contributed by atoms with Crippen LogP contribution in [0.1, 0.15) is 13.3 Å². The van der Waals surface area contributed by atoms with Crippen LogP contribution in [-0.4, -0.2) is 29.1 Å². The highest BCUT2D eigenvalue weighted by molar-refractivity contribution is 9.10. The summed E-state index contributed by atoms with van der Waals surface area (Å²) in [6.45, 7) is 2.71. The predicted octanol–water partition coefficient (Wildman–Crippen LogP) is 2.69. The molecule has 1 aromatic carbocycles. The molecule has 18 heavy (non-hydrogen) atoms. The fraction of sp³-hybridized carbons (Fsp3) is 0.333. The Balaban J connectivity index is 1.94. The Labute approximate surface area is 113 Å². The standard InChI is InChI=1S/C12H14BrN3O2/c1-2-18-11(17)5-6-14-12-15-9-4-3-8(13)7-10(9)16-12/h3-4,7H,2,5-6H2,1H3,(H2,14,15,16). The Morgan fingerprint density at radius 2 is 2.39 bits per heavy atom. The molecule has 2 rings (SSSR count). The van der Waals surface area contributed by atoms with Gasteiger partial charge in [-0.2, -0.15) is 0 Å². The number of nitrogens with one attached hydrogen (secondary N) is 2. The van der Waals surface area contributed by atoms with E-state index in [-0.39, 0.29) is 5.97 Å². The number of ether oxygens (including phenoxy) is 1. The van der Waals surface area contributed by atoms with Gasteiger partial charge in [0.2, 0.25) is 5.95 Å². The maximum atomic E-state index is 11.2. The van der Waals surface area contributed by atoms with E-state index >= 15 is 0 Å². The van der Waals surface area contributed by atoms with Crippen LogP contribution in [-0.2, 0) is 9.53 Å². The Morgan fingerprint density at radius 3 is 3.17 bits per heavy atom.